The number of carboxylic acids is 1. The van der Waals surface area contributed by atoms with Crippen LogP contribution >= 0.6 is 0 Å². The third-order valence-corrected chi connectivity index (χ3v) is 3.13. The van der Waals surface area contributed by atoms with Gasteiger partial charge in [-0.3, -0.25) is 9.59 Å². The van der Waals surface area contributed by atoms with Crippen LogP contribution in [0.15, 0.2) is 0 Å². The summed E-state index contributed by atoms with van der Waals surface area (Å²) in [6.07, 6.45) is 0.0988. The molecule has 7 heteroatoms. The fourth-order valence-corrected chi connectivity index (χ4v) is 1.91. The van der Waals surface area contributed by atoms with E-state index < -0.39 is 30.0 Å². The summed E-state index contributed by atoms with van der Waals surface area (Å²) in [6.45, 7) is 2.38. The molecule has 2 N–H and O–H groups in total. The molecule has 0 saturated carbocycles. The Labute approximate surface area is 111 Å². The third-order valence-electron chi connectivity index (χ3n) is 3.13. The molecule has 0 aromatic carbocycles. The second-order valence-electron chi connectivity index (χ2n) is 4.57. The van der Waals surface area contributed by atoms with Gasteiger partial charge < -0.3 is 19.9 Å². The highest BCUT2D eigenvalue weighted by Crippen LogP contribution is 2.20. The highest BCUT2D eigenvalue weighted by molar-refractivity contribution is 5.87. The van der Waals surface area contributed by atoms with Crippen molar-refractivity contribution in [3.8, 4) is 0 Å². The molecule has 3 unspecified atom stereocenters. The number of hydrogen-bond acceptors (Lipinski definition) is 5. The second kappa shape index (κ2) is 7.08. The van der Waals surface area contributed by atoms with Crippen LogP contribution in [0.2, 0.25) is 0 Å². The minimum Gasteiger partial charge on any atom is -0.480 e. The van der Waals surface area contributed by atoms with Gasteiger partial charge in [-0.1, -0.05) is 6.92 Å². The van der Waals surface area contributed by atoms with Crippen molar-refractivity contribution in [1.82, 2.24) is 5.32 Å². The van der Waals surface area contributed by atoms with Crippen LogP contribution in [0.1, 0.15) is 26.2 Å². The molecular formula is C12H19NO6. The number of rotatable bonds is 6. The van der Waals surface area contributed by atoms with Crippen LogP contribution in [-0.4, -0.2) is 48.8 Å². The molecule has 108 valence electrons. The number of aliphatic carboxylic acids is 1. The molecule has 1 rings (SSSR count). The van der Waals surface area contributed by atoms with E-state index in [9.17, 15) is 14.4 Å². The molecule has 1 saturated heterocycles. The Morgan fingerprint density at radius 3 is 2.63 bits per heavy atom. The molecular weight excluding hydrogens is 254 g/mol. The number of ether oxygens (including phenoxy) is 2. The number of carboxylic acid groups (broad SMARTS) is 1. The lowest BCUT2D eigenvalue weighted by molar-refractivity contribution is -0.145. The van der Waals surface area contributed by atoms with E-state index in [0.29, 0.717) is 6.61 Å². The summed E-state index contributed by atoms with van der Waals surface area (Å²) in [5, 5.41) is 11.4. The Hall–Kier alpha value is -1.63. The van der Waals surface area contributed by atoms with Gasteiger partial charge in [0.15, 0.2) is 0 Å². The molecule has 1 aliphatic rings. The summed E-state index contributed by atoms with van der Waals surface area (Å²) in [7, 11) is 1.23. The summed E-state index contributed by atoms with van der Waals surface area (Å²) >= 11 is 0. The number of methoxy groups -OCH3 is 1. The van der Waals surface area contributed by atoms with Crippen LogP contribution in [0.4, 0.5) is 0 Å². The van der Waals surface area contributed by atoms with E-state index in [1.54, 1.807) is 0 Å². The number of hydrogen-bond donors (Lipinski definition) is 2. The zero-order chi connectivity index (χ0) is 14.4. The largest absolute Gasteiger partial charge is 0.480 e. The highest BCUT2D eigenvalue weighted by atomic mass is 16.5. The topological polar surface area (TPSA) is 102 Å². The predicted molar refractivity (Wildman–Crippen MR) is 64.3 cm³/mol. The van der Waals surface area contributed by atoms with Crippen LogP contribution in [0, 0.1) is 5.92 Å². The minimum atomic E-state index is -1.18. The zero-order valence-corrected chi connectivity index (χ0v) is 11.0. The van der Waals surface area contributed by atoms with Crippen molar-refractivity contribution in [2.45, 2.75) is 38.3 Å². The normalized spacial score (nSPS) is 23.7. The van der Waals surface area contributed by atoms with Gasteiger partial charge in [0.2, 0.25) is 5.91 Å². The first kappa shape index (κ1) is 15.4. The van der Waals surface area contributed by atoms with Crippen LogP contribution in [0.25, 0.3) is 0 Å². The Balaban J connectivity index is 2.51. The molecule has 1 aliphatic heterocycles. The summed E-state index contributed by atoms with van der Waals surface area (Å²) in [5.41, 5.74) is 0. The number of amides is 1. The summed E-state index contributed by atoms with van der Waals surface area (Å²) < 4.78 is 9.69. The quantitative estimate of drug-likeness (QED) is 0.657. The van der Waals surface area contributed by atoms with Crippen LogP contribution in [-0.2, 0) is 23.9 Å². The molecule has 19 heavy (non-hydrogen) atoms. The summed E-state index contributed by atoms with van der Waals surface area (Å²) in [5.74, 6) is -2.06. The van der Waals surface area contributed by atoms with E-state index >= 15 is 0 Å². The monoisotopic (exact) mass is 273 g/mol. The maximum atomic E-state index is 11.9. The molecule has 0 aliphatic carbocycles. The fourth-order valence-electron chi connectivity index (χ4n) is 1.91. The van der Waals surface area contributed by atoms with Gasteiger partial charge in [0.1, 0.15) is 12.1 Å². The molecule has 0 aromatic rings. The number of esters is 1. The van der Waals surface area contributed by atoms with Gasteiger partial charge in [0.05, 0.1) is 7.11 Å². The molecule has 1 heterocycles. The summed E-state index contributed by atoms with van der Waals surface area (Å²) in [6, 6.07) is -1.11. The van der Waals surface area contributed by atoms with Gasteiger partial charge in [-0.15, -0.1) is 0 Å². The minimum absolute atomic E-state index is 0.00511. The molecule has 0 radical (unpaired) electrons. The van der Waals surface area contributed by atoms with E-state index in [-0.39, 0.29) is 18.8 Å². The van der Waals surface area contributed by atoms with Crippen molar-refractivity contribution in [2.75, 3.05) is 13.7 Å². The van der Waals surface area contributed by atoms with Crippen molar-refractivity contribution >= 4 is 17.8 Å². The first-order valence-electron chi connectivity index (χ1n) is 6.17. The van der Waals surface area contributed by atoms with Crippen molar-refractivity contribution in [2.24, 2.45) is 5.92 Å². The van der Waals surface area contributed by atoms with Crippen molar-refractivity contribution < 1.29 is 29.0 Å². The Kier molecular flexibility index (Phi) is 5.75. The molecule has 1 amide bonds. The first-order chi connectivity index (χ1) is 8.95. The zero-order valence-electron chi connectivity index (χ0n) is 11.0. The van der Waals surface area contributed by atoms with Gasteiger partial charge in [0.25, 0.3) is 0 Å². The Morgan fingerprint density at radius 1 is 1.47 bits per heavy atom. The molecule has 0 bridgehead atoms. The Bertz CT molecular complexity index is 356. The average molecular weight is 273 g/mol. The molecule has 0 spiro atoms. The van der Waals surface area contributed by atoms with Crippen LogP contribution in [0.3, 0.4) is 0 Å². The smallest absolute Gasteiger partial charge is 0.326 e. The molecule has 1 fully saturated rings. The maximum absolute atomic E-state index is 11.9. The fraction of sp³-hybridized carbons (Fsp3) is 0.750. The highest BCUT2D eigenvalue weighted by Gasteiger charge is 2.33. The lowest BCUT2D eigenvalue weighted by atomic mass is 10.0. The molecule has 0 aromatic heterocycles. The van der Waals surface area contributed by atoms with Gasteiger partial charge in [-0.25, -0.2) is 4.79 Å². The van der Waals surface area contributed by atoms with E-state index in [1.165, 1.54) is 7.11 Å². The maximum Gasteiger partial charge on any atom is 0.326 e. The van der Waals surface area contributed by atoms with E-state index in [4.69, 9.17) is 9.84 Å². The van der Waals surface area contributed by atoms with E-state index in [1.807, 2.05) is 6.92 Å². The average Bonchev–Trinajstić information content (AvgIpc) is 2.79. The van der Waals surface area contributed by atoms with Gasteiger partial charge in [-0.05, 0) is 18.8 Å². The number of carbonyl (C=O) groups is 3. The van der Waals surface area contributed by atoms with Crippen molar-refractivity contribution in [3.63, 3.8) is 0 Å². The summed E-state index contributed by atoms with van der Waals surface area (Å²) in [4.78, 5) is 33.9. The lowest BCUT2D eigenvalue weighted by Gasteiger charge is -2.18. The predicted octanol–water partition coefficient (Wildman–Crippen LogP) is -0.0660. The lowest BCUT2D eigenvalue weighted by Crippen LogP contribution is -2.46. The number of nitrogens with one attached hydrogen (secondary N) is 1. The number of carbonyl (C=O) groups excluding carboxylic acids is 2. The van der Waals surface area contributed by atoms with Crippen LogP contribution < -0.4 is 5.32 Å². The third kappa shape index (κ3) is 4.51. The van der Waals surface area contributed by atoms with E-state index in [2.05, 4.69) is 10.1 Å². The van der Waals surface area contributed by atoms with Gasteiger partial charge in [-0.2, -0.15) is 0 Å². The SMILES string of the molecule is COC(=O)CCC(NC(=O)C1OCCC1C)C(=O)O. The molecule has 7 nitrogen and oxygen atoms in total. The molecule has 3 atom stereocenters. The van der Waals surface area contributed by atoms with Gasteiger partial charge in [0, 0.05) is 13.0 Å². The standard InChI is InChI=1S/C12H19NO6/c1-7-5-6-19-10(7)11(15)13-8(12(16)17)3-4-9(14)18-2/h7-8,10H,3-6H2,1-2H3,(H,13,15)(H,16,17). The first-order valence-corrected chi connectivity index (χ1v) is 6.17. The Morgan fingerprint density at radius 2 is 2.16 bits per heavy atom. The van der Waals surface area contributed by atoms with Crippen molar-refractivity contribution in [3.05, 3.63) is 0 Å². The van der Waals surface area contributed by atoms with E-state index in [0.717, 1.165) is 6.42 Å². The van der Waals surface area contributed by atoms with Gasteiger partial charge >= 0.3 is 11.9 Å². The van der Waals surface area contributed by atoms with Crippen LogP contribution in [0.5, 0.6) is 0 Å². The van der Waals surface area contributed by atoms with Crippen molar-refractivity contribution in [1.29, 1.82) is 0 Å². The second-order valence-corrected chi connectivity index (χ2v) is 4.57.